The molecule has 0 fully saturated rings. The van der Waals surface area contributed by atoms with E-state index in [9.17, 15) is 0 Å². The minimum absolute atomic E-state index is 0.00931. The molecule has 4 heteroatoms. The normalized spacial score (nSPS) is 27.8. The largest absolute Gasteiger partial charge is 0.282 e. The van der Waals surface area contributed by atoms with E-state index >= 15 is 0 Å². The third-order valence-corrected chi connectivity index (χ3v) is 10.5. The summed E-state index contributed by atoms with van der Waals surface area (Å²) in [5, 5.41) is 0. The van der Waals surface area contributed by atoms with E-state index < -0.39 is 0 Å². The number of hydrogen-bond acceptors (Lipinski definition) is 4. The third kappa shape index (κ3) is 4.91. The lowest BCUT2D eigenvalue weighted by Gasteiger charge is -2.56. The zero-order valence-corrected chi connectivity index (χ0v) is 27.1. The Bertz CT molecular complexity index is 2030. The number of hydrogen-bond donors (Lipinski definition) is 0. The molecule has 230 valence electrons. The summed E-state index contributed by atoms with van der Waals surface area (Å²) in [4.78, 5) is 19.3. The standard InChI is InChI=1S/C43H38N4/c1-29-25-33(28-47-40(29)38-17-9-12-24-45-38)39-34-15-7-10-22-42(34,2)41(32-19-21-37(46-27-32)36-16-8-11-23-44-36)43(3)26-31(18-20-35(39)43)30-13-5-4-6-14-30/h4-21,23-29,40-41H,22H2,1-3H3/t29?,40-,41?,42?,43?/m1/s1. The maximum Gasteiger partial charge on any atom is 0.0979 e. The molecule has 4 aliphatic rings. The average molecular weight is 611 g/mol. The van der Waals surface area contributed by atoms with E-state index in [1.54, 1.807) is 0 Å². The lowest BCUT2D eigenvalue weighted by molar-refractivity contribution is 0.203. The van der Waals surface area contributed by atoms with E-state index in [2.05, 4.69) is 134 Å². The number of aliphatic imine (C=N–C) groups is 1. The molecule has 3 aromatic heterocycles. The molecule has 0 saturated carbocycles. The molecule has 0 amide bonds. The molecule has 1 aliphatic heterocycles. The molecule has 1 aromatic carbocycles. The highest BCUT2D eigenvalue weighted by molar-refractivity contribution is 5.91. The number of rotatable bonds is 5. The second-order valence-corrected chi connectivity index (χ2v) is 13.6. The first-order valence-electron chi connectivity index (χ1n) is 16.6. The first-order valence-corrected chi connectivity index (χ1v) is 16.6. The van der Waals surface area contributed by atoms with Crippen molar-refractivity contribution in [3.05, 3.63) is 179 Å². The Morgan fingerprint density at radius 2 is 1.55 bits per heavy atom. The summed E-state index contributed by atoms with van der Waals surface area (Å²) in [5.74, 6) is 0.345. The van der Waals surface area contributed by atoms with E-state index in [0.29, 0.717) is 0 Å². The van der Waals surface area contributed by atoms with Crippen molar-refractivity contribution in [3.8, 4) is 11.4 Å². The topological polar surface area (TPSA) is 51.0 Å². The minimum atomic E-state index is -0.323. The van der Waals surface area contributed by atoms with E-state index in [-0.39, 0.29) is 28.7 Å². The van der Waals surface area contributed by atoms with Crippen LogP contribution in [0.1, 0.15) is 56.0 Å². The van der Waals surface area contributed by atoms with E-state index in [4.69, 9.17) is 9.98 Å². The van der Waals surface area contributed by atoms with E-state index in [0.717, 1.165) is 23.5 Å². The molecule has 3 aliphatic carbocycles. The Morgan fingerprint density at radius 3 is 2.28 bits per heavy atom. The first kappa shape index (κ1) is 29.2. The SMILES string of the molecule is CC1C=C(C2=C3C=CC(c4ccccc4)=CC3(C)C(c3ccc(-c4ccccn4)nc3)C3(C)CC=CC=C23)C=N[C@H]1c1ccccn1. The molecule has 4 heterocycles. The highest BCUT2D eigenvalue weighted by atomic mass is 14.9. The van der Waals surface area contributed by atoms with Crippen molar-refractivity contribution in [2.24, 2.45) is 21.7 Å². The smallest absolute Gasteiger partial charge is 0.0979 e. The van der Waals surface area contributed by atoms with Crippen LogP contribution in [0.5, 0.6) is 0 Å². The predicted octanol–water partition coefficient (Wildman–Crippen LogP) is 9.87. The Balaban J connectivity index is 1.31. The molecule has 4 aromatic rings. The fourth-order valence-corrected chi connectivity index (χ4v) is 8.46. The number of nitrogens with zero attached hydrogens (tertiary/aromatic N) is 4. The second-order valence-electron chi connectivity index (χ2n) is 13.6. The molecule has 0 N–H and O–H groups in total. The van der Waals surface area contributed by atoms with Gasteiger partial charge in [-0.25, -0.2) is 0 Å². The summed E-state index contributed by atoms with van der Waals surface area (Å²) < 4.78 is 0. The summed E-state index contributed by atoms with van der Waals surface area (Å²) in [7, 11) is 0. The summed E-state index contributed by atoms with van der Waals surface area (Å²) in [6.07, 6.45) is 25.4. The van der Waals surface area contributed by atoms with Crippen LogP contribution >= 0.6 is 0 Å². The highest BCUT2D eigenvalue weighted by Crippen LogP contribution is 2.66. The van der Waals surface area contributed by atoms with Gasteiger partial charge in [-0.2, -0.15) is 0 Å². The van der Waals surface area contributed by atoms with Crippen LogP contribution < -0.4 is 0 Å². The first-order chi connectivity index (χ1) is 23.0. The van der Waals surface area contributed by atoms with Gasteiger partial charge in [0.1, 0.15) is 0 Å². The van der Waals surface area contributed by atoms with Crippen molar-refractivity contribution in [2.45, 2.75) is 39.2 Å². The highest BCUT2D eigenvalue weighted by Gasteiger charge is 2.55. The molecule has 47 heavy (non-hydrogen) atoms. The quantitative estimate of drug-likeness (QED) is 0.226. The van der Waals surface area contributed by atoms with Crippen molar-refractivity contribution in [1.82, 2.24) is 15.0 Å². The second kappa shape index (κ2) is 11.5. The lowest BCUT2D eigenvalue weighted by atomic mass is 9.47. The van der Waals surface area contributed by atoms with Crippen LogP contribution in [0.15, 0.2) is 167 Å². The van der Waals surface area contributed by atoms with Gasteiger partial charge in [0.15, 0.2) is 0 Å². The maximum atomic E-state index is 5.15. The number of dihydropyridines is 1. The molecule has 4 nitrogen and oxygen atoms in total. The number of aromatic nitrogens is 3. The van der Waals surface area contributed by atoms with Gasteiger partial charge in [0.05, 0.1) is 23.1 Å². The zero-order chi connectivity index (χ0) is 32.0. The van der Waals surface area contributed by atoms with Crippen LogP contribution in [0.2, 0.25) is 0 Å². The lowest BCUT2D eigenvalue weighted by Crippen LogP contribution is -2.45. The maximum absolute atomic E-state index is 5.15. The molecule has 0 spiro atoms. The van der Waals surface area contributed by atoms with Gasteiger partial charge in [0.25, 0.3) is 0 Å². The zero-order valence-electron chi connectivity index (χ0n) is 27.1. The van der Waals surface area contributed by atoms with Gasteiger partial charge in [0.2, 0.25) is 0 Å². The van der Waals surface area contributed by atoms with Crippen LogP contribution in [0.4, 0.5) is 0 Å². The van der Waals surface area contributed by atoms with Crippen molar-refractivity contribution in [1.29, 1.82) is 0 Å². The fourth-order valence-electron chi connectivity index (χ4n) is 8.46. The minimum Gasteiger partial charge on any atom is -0.282 e. The molecule has 0 saturated heterocycles. The summed E-state index contributed by atoms with van der Waals surface area (Å²) >= 11 is 0. The molecule has 4 unspecified atom stereocenters. The molecule has 5 atom stereocenters. The monoisotopic (exact) mass is 610 g/mol. The molecular formula is C43H38N4. The molecule has 0 radical (unpaired) electrons. The fraction of sp³-hybridized carbons (Fsp3) is 0.209. The number of pyridine rings is 3. The van der Waals surface area contributed by atoms with E-state index in [1.165, 1.54) is 39.0 Å². The number of fused-ring (bicyclic) bond motifs is 2. The molecular weight excluding hydrogens is 573 g/mol. The summed E-state index contributed by atoms with van der Waals surface area (Å²) in [6, 6.07) is 27.3. The van der Waals surface area contributed by atoms with Gasteiger partial charge >= 0.3 is 0 Å². The van der Waals surface area contributed by atoms with Crippen LogP contribution in [-0.2, 0) is 0 Å². The van der Waals surface area contributed by atoms with Gasteiger partial charge in [-0.15, -0.1) is 0 Å². The Morgan fingerprint density at radius 1 is 0.766 bits per heavy atom. The van der Waals surface area contributed by atoms with E-state index in [1.807, 2.05) is 42.7 Å². The number of allylic oxidation sites excluding steroid dienone is 11. The van der Waals surface area contributed by atoms with Crippen LogP contribution in [0, 0.1) is 16.7 Å². The number of benzene rings is 1. The summed E-state index contributed by atoms with van der Waals surface area (Å²) in [5.41, 5.74) is 11.2. The van der Waals surface area contributed by atoms with Crippen LogP contribution in [-0.4, -0.2) is 21.2 Å². The van der Waals surface area contributed by atoms with Crippen LogP contribution in [0.25, 0.3) is 17.0 Å². The van der Waals surface area contributed by atoms with Gasteiger partial charge in [-0.3, -0.25) is 19.9 Å². The van der Waals surface area contributed by atoms with Crippen molar-refractivity contribution in [3.63, 3.8) is 0 Å². The molecule has 0 bridgehead atoms. The van der Waals surface area contributed by atoms with Gasteiger partial charge < -0.3 is 0 Å². The van der Waals surface area contributed by atoms with Crippen molar-refractivity contribution < 1.29 is 0 Å². The average Bonchev–Trinajstić information content (AvgIpc) is 3.11. The predicted molar refractivity (Wildman–Crippen MR) is 192 cm³/mol. The Hall–Kier alpha value is -5.22. The third-order valence-electron chi connectivity index (χ3n) is 10.5. The van der Waals surface area contributed by atoms with Gasteiger partial charge in [-0.1, -0.05) is 112 Å². The Kier molecular flexibility index (Phi) is 7.17. The van der Waals surface area contributed by atoms with Crippen LogP contribution in [0.3, 0.4) is 0 Å². The molecule has 8 rings (SSSR count). The van der Waals surface area contributed by atoms with Crippen molar-refractivity contribution >= 4 is 11.8 Å². The van der Waals surface area contributed by atoms with Crippen molar-refractivity contribution in [2.75, 3.05) is 0 Å². The van der Waals surface area contributed by atoms with Gasteiger partial charge in [-0.05, 0) is 75.7 Å². The van der Waals surface area contributed by atoms with Gasteiger partial charge in [0, 0.05) is 47.5 Å². The Labute approximate surface area is 277 Å². The summed E-state index contributed by atoms with van der Waals surface area (Å²) in [6.45, 7) is 7.16.